The summed E-state index contributed by atoms with van der Waals surface area (Å²) in [6, 6.07) is 0.238. The van der Waals surface area contributed by atoms with Gasteiger partial charge in [-0.1, -0.05) is 13.8 Å². The first-order valence-electron chi connectivity index (χ1n) is 8.24. The third kappa shape index (κ3) is 4.20. The van der Waals surface area contributed by atoms with E-state index in [2.05, 4.69) is 28.9 Å². The van der Waals surface area contributed by atoms with Crippen LogP contribution in [0.1, 0.15) is 57.7 Å². The van der Waals surface area contributed by atoms with Crippen LogP contribution < -0.4 is 10.1 Å². The van der Waals surface area contributed by atoms with E-state index in [9.17, 15) is 0 Å². The van der Waals surface area contributed by atoms with Crippen LogP contribution in [0, 0.1) is 0 Å². The topological polar surface area (TPSA) is 48.3 Å². The predicted molar refractivity (Wildman–Crippen MR) is 83.7 cm³/mol. The fraction of sp³-hybridized carbons (Fsp3) is 0.812. The Bertz CT molecular complexity index is 414. The van der Waals surface area contributed by atoms with Crippen LogP contribution in [-0.2, 0) is 11.3 Å². The molecule has 5 nitrogen and oxygen atoms in total. The number of nitrogens with zero attached hydrogens (tertiary/aromatic N) is 2. The molecule has 0 radical (unpaired) electrons. The number of rotatable bonds is 8. The van der Waals surface area contributed by atoms with E-state index in [-0.39, 0.29) is 6.04 Å². The largest absolute Gasteiger partial charge is 0.493 e. The summed E-state index contributed by atoms with van der Waals surface area (Å²) in [7, 11) is 1.72. The van der Waals surface area contributed by atoms with Gasteiger partial charge in [0.2, 0.25) is 0 Å². The van der Waals surface area contributed by atoms with Crippen LogP contribution in [0.2, 0.25) is 0 Å². The molecule has 2 rings (SSSR count). The summed E-state index contributed by atoms with van der Waals surface area (Å²) in [4.78, 5) is 0. The van der Waals surface area contributed by atoms with Gasteiger partial charge in [0.05, 0.1) is 31.1 Å². The van der Waals surface area contributed by atoms with Crippen molar-refractivity contribution in [3.63, 3.8) is 0 Å². The molecule has 1 aromatic rings. The molecule has 120 valence electrons. The first-order chi connectivity index (χ1) is 10.3. The summed E-state index contributed by atoms with van der Waals surface area (Å²) in [6.45, 7) is 7.06. The van der Waals surface area contributed by atoms with E-state index in [4.69, 9.17) is 9.47 Å². The lowest BCUT2D eigenvalue weighted by atomic mass is 9.99. The Morgan fingerprint density at radius 2 is 2.33 bits per heavy atom. The molecular formula is C16H29N3O2. The zero-order valence-corrected chi connectivity index (χ0v) is 13.6. The van der Waals surface area contributed by atoms with Gasteiger partial charge >= 0.3 is 0 Å². The van der Waals surface area contributed by atoms with Crippen molar-refractivity contribution in [1.29, 1.82) is 0 Å². The number of nitrogens with one attached hydrogen (secondary N) is 1. The van der Waals surface area contributed by atoms with Crippen LogP contribution in [0.25, 0.3) is 0 Å². The molecular weight excluding hydrogens is 266 g/mol. The average Bonchev–Trinajstić information content (AvgIpc) is 2.91. The van der Waals surface area contributed by atoms with Gasteiger partial charge in [-0.2, -0.15) is 5.10 Å². The summed E-state index contributed by atoms with van der Waals surface area (Å²) in [5, 5.41) is 8.07. The highest BCUT2D eigenvalue weighted by Crippen LogP contribution is 2.31. The molecule has 1 aliphatic heterocycles. The molecule has 0 spiro atoms. The number of hydrogen-bond donors (Lipinski definition) is 1. The smallest absolute Gasteiger partial charge is 0.161 e. The molecule has 2 unspecified atom stereocenters. The third-order valence-electron chi connectivity index (χ3n) is 4.05. The van der Waals surface area contributed by atoms with Crippen LogP contribution in [0.3, 0.4) is 0 Å². The summed E-state index contributed by atoms with van der Waals surface area (Å²) in [5.74, 6) is 0.880. The van der Waals surface area contributed by atoms with Crippen LogP contribution in [0.4, 0.5) is 0 Å². The van der Waals surface area contributed by atoms with Crippen LogP contribution in [0.15, 0.2) is 6.20 Å². The fourth-order valence-electron chi connectivity index (χ4n) is 3.07. The lowest BCUT2D eigenvalue weighted by molar-refractivity contribution is 0.00448. The van der Waals surface area contributed by atoms with Crippen LogP contribution in [-0.4, -0.2) is 36.1 Å². The van der Waals surface area contributed by atoms with Gasteiger partial charge in [0.25, 0.3) is 0 Å². The van der Waals surface area contributed by atoms with E-state index >= 15 is 0 Å². The second-order valence-electron chi connectivity index (χ2n) is 5.66. The molecule has 2 atom stereocenters. The van der Waals surface area contributed by atoms with Crippen molar-refractivity contribution in [2.45, 2.75) is 64.6 Å². The van der Waals surface area contributed by atoms with Crippen molar-refractivity contribution < 1.29 is 9.47 Å². The Balaban J connectivity index is 2.17. The molecule has 21 heavy (non-hydrogen) atoms. The quantitative estimate of drug-likeness (QED) is 0.801. The Labute approximate surface area is 128 Å². The maximum Gasteiger partial charge on any atom is 0.161 e. The van der Waals surface area contributed by atoms with Gasteiger partial charge in [0.15, 0.2) is 5.75 Å². The summed E-state index contributed by atoms with van der Waals surface area (Å²) >= 11 is 0. The first-order valence-corrected chi connectivity index (χ1v) is 8.24. The average molecular weight is 295 g/mol. The first kappa shape index (κ1) is 16.3. The molecule has 1 aromatic heterocycles. The zero-order valence-electron chi connectivity index (χ0n) is 13.6. The minimum absolute atomic E-state index is 0.238. The van der Waals surface area contributed by atoms with Crippen LogP contribution in [0.5, 0.6) is 5.75 Å². The fourth-order valence-corrected chi connectivity index (χ4v) is 3.07. The highest BCUT2D eigenvalue weighted by molar-refractivity contribution is 5.28. The van der Waals surface area contributed by atoms with E-state index in [0.29, 0.717) is 6.10 Å². The zero-order chi connectivity index (χ0) is 15.1. The second kappa shape index (κ2) is 8.39. The number of ether oxygens (including phenoxy) is 2. The summed E-state index contributed by atoms with van der Waals surface area (Å²) < 4.78 is 13.5. The lowest BCUT2D eigenvalue weighted by Crippen LogP contribution is -2.30. The van der Waals surface area contributed by atoms with Gasteiger partial charge < -0.3 is 14.8 Å². The standard InChI is InChI=1S/C16H29N3O2/c1-4-9-19-16(15(20-3)12-18-19)14(17-5-2)11-13-8-6-7-10-21-13/h12-14,17H,4-11H2,1-3H3. The van der Waals surface area contributed by atoms with Crippen molar-refractivity contribution in [3.8, 4) is 5.75 Å². The van der Waals surface area contributed by atoms with Gasteiger partial charge in [0.1, 0.15) is 0 Å². The maximum absolute atomic E-state index is 5.92. The molecule has 2 heterocycles. The highest BCUT2D eigenvalue weighted by atomic mass is 16.5. The summed E-state index contributed by atoms with van der Waals surface area (Å²) in [6.07, 6.45) is 7.85. The monoisotopic (exact) mass is 295 g/mol. The van der Waals surface area contributed by atoms with Crippen LogP contribution >= 0.6 is 0 Å². The van der Waals surface area contributed by atoms with Gasteiger partial charge in [-0.05, 0) is 38.6 Å². The molecule has 1 saturated heterocycles. The van der Waals surface area contributed by atoms with Crippen molar-refractivity contribution in [1.82, 2.24) is 15.1 Å². The van der Waals surface area contributed by atoms with Gasteiger partial charge in [0, 0.05) is 13.2 Å². The highest BCUT2D eigenvalue weighted by Gasteiger charge is 2.26. The summed E-state index contributed by atoms with van der Waals surface area (Å²) in [5.41, 5.74) is 1.16. The molecule has 0 bridgehead atoms. The minimum Gasteiger partial charge on any atom is -0.493 e. The van der Waals surface area contributed by atoms with Gasteiger partial charge in [-0.3, -0.25) is 4.68 Å². The second-order valence-corrected chi connectivity index (χ2v) is 5.66. The normalized spacial score (nSPS) is 20.4. The minimum atomic E-state index is 0.238. The molecule has 1 fully saturated rings. The predicted octanol–water partition coefficient (Wildman–Crippen LogP) is 2.91. The Morgan fingerprint density at radius 1 is 1.48 bits per heavy atom. The number of hydrogen-bond acceptors (Lipinski definition) is 4. The van der Waals surface area contributed by atoms with Crippen molar-refractivity contribution >= 4 is 0 Å². The Kier molecular flexibility index (Phi) is 6.51. The van der Waals surface area contributed by atoms with Gasteiger partial charge in [-0.25, -0.2) is 0 Å². The number of methoxy groups -OCH3 is 1. The molecule has 5 heteroatoms. The lowest BCUT2D eigenvalue weighted by Gasteiger charge is -2.28. The van der Waals surface area contributed by atoms with Gasteiger partial charge in [-0.15, -0.1) is 0 Å². The Morgan fingerprint density at radius 3 is 2.95 bits per heavy atom. The number of aromatic nitrogens is 2. The maximum atomic E-state index is 5.92. The number of aryl methyl sites for hydroxylation is 1. The molecule has 1 aliphatic rings. The van der Waals surface area contributed by atoms with E-state index in [1.807, 2.05) is 6.20 Å². The Hall–Kier alpha value is -1.07. The van der Waals surface area contributed by atoms with E-state index in [1.54, 1.807) is 7.11 Å². The molecule has 0 aromatic carbocycles. The molecule has 0 saturated carbocycles. The SMILES string of the molecule is CCCn1ncc(OC)c1C(CC1CCCCO1)NCC. The third-order valence-corrected chi connectivity index (χ3v) is 4.05. The van der Waals surface area contributed by atoms with E-state index in [1.165, 1.54) is 12.8 Å². The molecule has 0 amide bonds. The molecule has 0 aliphatic carbocycles. The van der Waals surface area contributed by atoms with E-state index < -0.39 is 0 Å². The van der Waals surface area contributed by atoms with E-state index in [0.717, 1.165) is 50.4 Å². The van der Waals surface area contributed by atoms with Crippen molar-refractivity contribution in [2.24, 2.45) is 0 Å². The molecule has 1 N–H and O–H groups in total. The van der Waals surface area contributed by atoms with Crippen molar-refractivity contribution in [3.05, 3.63) is 11.9 Å². The van der Waals surface area contributed by atoms with Crippen molar-refractivity contribution in [2.75, 3.05) is 20.3 Å².